The summed E-state index contributed by atoms with van der Waals surface area (Å²) in [5.41, 5.74) is 0.810. The van der Waals surface area contributed by atoms with Crippen molar-refractivity contribution in [1.82, 2.24) is 0 Å². The van der Waals surface area contributed by atoms with Crippen molar-refractivity contribution in [3.05, 3.63) is 0 Å². The lowest BCUT2D eigenvalue weighted by molar-refractivity contribution is 0.298. The Hall–Kier alpha value is 0.190. The molecule has 3 heteroatoms. The van der Waals surface area contributed by atoms with Gasteiger partial charge in [-0.15, -0.1) is 0 Å². The SMILES string of the molecule is CCCOP(=O)(C1CCCC1)C1CCCC1. The average Bonchev–Trinajstić information content (AvgIpc) is 2.96. The van der Waals surface area contributed by atoms with E-state index in [1.54, 1.807) is 0 Å². The molecule has 2 nitrogen and oxygen atoms in total. The van der Waals surface area contributed by atoms with Gasteiger partial charge in [-0.2, -0.15) is 0 Å². The number of rotatable bonds is 5. The van der Waals surface area contributed by atoms with Gasteiger partial charge in [0.15, 0.2) is 0 Å². The van der Waals surface area contributed by atoms with Gasteiger partial charge in [0.1, 0.15) is 0 Å². The summed E-state index contributed by atoms with van der Waals surface area (Å²) < 4.78 is 19.1. The summed E-state index contributed by atoms with van der Waals surface area (Å²) >= 11 is 0. The lowest BCUT2D eigenvalue weighted by Gasteiger charge is -2.29. The summed E-state index contributed by atoms with van der Waals surface area (Å²) in [5.74, 6) is 0. The molecule has 0 aromatic heterocycles. The second-order valence-corrected chi connectivity index (χ2v) is 8.36. The van der Waals surface area contributed by atoms with Crippen LogP contribution in [0.15, 0.2) is 0 Å². The van der Waals surface area contributed by atoms with Crippen molar-refractivity contribution in [2.45, 2.75) is 76.0 Å². The van der Waals surface area contributed by atoms with Gasteiger partial charge in [0.25, 0.3) is 0 Å². The first kappa shape index (κ1) is 12.6. The molecule has 0 atom stereocenters. The minimum atomic E-state index is -2.33. The Labute approximate surface area is 99.6 Å². The highest BCUT2D eigenvalue weighted by atomic mass is 31.2. The molecule has 0 aliphatic heterocycles. The van der Waals surface area contributed by atoms with Gasteiger partial charge in [0.2, 0.25) is 7.37 Å². The predicted molar refractivity (Wildman–Crippen MR) is 68.4 cm³/mol. The third-order valence-electron chi connectivity index (χ3n) is 4.16. The molecule has 16 heavy (non-hydrogen) atoms. The van der Waals surface area contributed by atoms with Gasteiger partial charge in [-0.05, 0) is 32.1 Å². The van der Waals surface area contributed by atoms with E-state index in [0.717, 1.165) is 32.1 Å². The zero-order chi connectivity index (χ0) is 11.4. The van der Waals surface area contributed by atoms with Crippen molar-refractivity contribution in [3.8, 4) is 0 Å². The Morgan fingerprint density at radius 3 is 1.81 bits per heavy atom. The molecule has 0 N–H and O–H groups in total. The van der Waals surface area contributed by atoms with Crippen molar-refractivity contribution < 1.29 is 9.09 Å². The molecule has 2 fully saturated rings. The van der Waals surface area contributed by atoms with Gasteiger partial charge in [-0.25, -0.2) is 0 Å². The van der Waals surface area contributed by atoms with Crippen LogP contribution in [0.1, 0.15) is 64.7 Å². The summed E-state index contributed by atoms with van der Waals surface area (Å²) in [5, 5.41) is 0. The Morgan fingerprint density at radius 2 is 1.44 bits per heavy atom. The third-order valence-corrected chi connectivity index (χ3v) is 7.82. The van der Waals surface area contributed by atoms with Crippen LogP contribution >= 0.6 is 7.37 Å². The average molecular weight is 244 g/mol. The molecule has 0 aromatic rings. The Bertz CT molecular complexity index is 233. The maximum Gasteiger partial charge on any atom is 0.209 e. The van der Waals surface area contributed by atoms with E-state index in [4.69, 9.17) is 4.52 Å². The maximum atomic E-state index is 13.2. The molecule has 0 heterocycles. The van der Waals surface area contributed by atoms with Gasteiger partial charge >= 0.3 is 0 Å². The minimum absolute atomic E-state index is 0.405. The van der Waals surface area contributed by atoms with Gasteiger partial charge in [0, 0.05) is 11.3 Å². The Kier molecular flexibility index (Phi) is 4.49. The van der Waals surface area contributed by atoms with Gasteiger partial charge in [-0.1, -0.05) is 32.6 Å². The van der Waals surface area contributed by atoms with Gasteiger partial charge in [0.05, 0.1) is 6.61 Å². The van der Waals surface area contributed by atoms with Crippen LogP contribution in [0.2, 0.25) is 0 Å². The van der Waals surface area contributed by atoms with Crippen molar-refractivity contribution in [2.24, 2.45) is 0 Å². The van der Waals surface area contributed by atoms with E-state index in [-0.39, 0.29) is 0 Å². The second-order valence-electron chi connectivity index (χ2n) is 5.36. The molecule has 2 aliphatic rings. The quantitative estimate of drug-likeness (QED) is 0.662. The molecule has 94 valence electrons. The number of hydrogen-bond donors (Lipinski definition) is 0. The monoisotopic (exact) mass is 244 g/mol. The van der Waals surface area contributed by atoms with Gasteiger partial charge in [-0.3, -0.25) is 4.57 Å². The van der Waals surface area contributed by atoms with Crippen molar-refractivity contribution in [2.75, 3.05) is 6.61 Å². The fourth-order valence-corrected chi connectivity index (χ4v) is 6.93. The topological polar surface area (TPSA) is 26.3 Å². The third kappa shape index (κ3) is 2.54. The van der Waals surface area contributed by atoms with Crippen LogP contribution in [0.25, 0.3) is 0 Å². The smallest absolute Gasteiger partial charge is 0.209 e. The largest absolute Gasteiger partial charge is 0.328 e. The predicted octanol–water partition coefficient (Wildman–Crippen LogP) is 4.58. The first-order valence-corrected chi connectivity index (χ1v) is 8.77. The van der Waals surface area contributed by atoms with E-state index >= 15 is 0 Å². The highest BCUT2D eigenvalue weighted by Gasteiger charge is 2.43. The van der Waals surface area contributed by atoms with E-state index in [2.05, 4.69) is 6.92 Å². The molecule has 0 unspecified atom stereocenters. The zero-order valence-corrected chi connectivity index (χ0v) is 11.4. The first-order chi connectivity index (χ1) is 7.77. The normalized spacial score (nSPS) is 24.3. The second kappa shape index (κ2) is 5.69. The fraction of sp³-hybridized carbons (Fsp3) is 1.00. The maximum absolute atomic E-state index is 13.2. The lowest BCUT2D eigenvalue weighted by Crippen LogP contribution is -2.17. The van der Waals surface area contributed by atoms with Gasteiger partial charge < -0.3 is 4.52 Å². The van der Waals surface area contributed by atoms with Crippen LogP contribution in [-0.2, 0) is 9.09 Å². The molecule has 0 saturated heterocycles. The van der Waals surface area contributed by atoms with Crippen molar-refractivity contribution in [1.29, 1.82) is 0 Å². The summed E-state index contributed by atoms with van der Waals surface area (Å²) in [6.07, 6.45) is 10.6. The summed E-state index contributed by atoms with van der Waals surface area (Å²) in [6.45, 7) is 2.80. The molecule has 0 amide bonds. The Morgan fingerprint density at radius 1 is 1.00 bits per heavy atom. The molecule has 0 aromatic carbocycles. The molecule has 0 bridgehead atoms. The van der Waals surface area contributed by atoms with Crippen LogP contribution in [0.5, 0.6) is 0 Å². The zero-order valence-electron chi connectivity index (χ0n) is 10.5. The van der Waals surface area contributed by atoms with E-state index in [0.29, 0.717) is 17.9 Å². The highest BCUT2D eigenvalue weighted by Crippen LogP contribution is 2.64. The number of hydrogen-bond acceptors (Lipinski definition) is 2. The van der Waals surface area contributed by atoms with E-state index in [9.17, 15) is 4.57 Å². The van der Waals surface area contributed by atoms with E-state index in [1.807, 2.05) is 0 Å². The molecule has 0 spiro atoms. The molecule has 2 aliphatic carbocycles. The fourth-order valence-electron chi connectivity index (χ4n) is 3.27. The molecular formula is C13H25O2P. The molecular weight excluding hydrogens is 219 g/mol. The summed E-state index contributed by atoms with van der Waals surface area (Å²) in [6, 6.07) is 0. The lowest BCUT2D eigenvalue weighted by atomic mass is 10.4. The highest BCUT2D eigenvalue weighted by molar-refractivity contribution is 7.60. The van der Waals surface area contributed by atoms with E-state index < -0.39 is 7.37 Å². The standard InChI is InChI=1S/C13H25O2P/c1-2-11-15-16(14,12-7-3-4-8-12)13-9-5-6-10-13/h12-13H,2-11H2,1H3. The van der Waals surface area contributed by atoms with Crippen LogP contribution in [0, 0.1) is 0 Å². The molecule has 2 rings (SSSR count). The Balaban J connectivity index is 2.06. The van der Waals surface area contributed by atoms with Crippen molar-refractivity contribution in [3.63, 3.8) is 0 Å². The summed E-state index contributed by atoms with van der Waals surface area (Å²) in [4.78, 5) is 0. The minimum Gasteiger partial charge on any atom is -0.328 e. The summed E-state index contributed by atoms with van der Waals surface area (Å²) in [7, 11) is -2.33. The van der Waals surface area contributed by atoms with E-state index in [1.165, 1.54) is 25.7 Å². The van der Waals surface area contributed by atoms with Crippen LogP contribution in [0.4, 0.5) is 0 Å². The van der Waals surface area contributed by atoms with Crippen LogP contribution in [0.3, 0.4) is 0 Å². The molecule has 2 saturated carbocycles. The van der Waals surface area contributed by atoms with Crippen molar-refractivity contribution >= 4 is 7.37 Å². The molecule has 0 radical (unpaired) electrons. The first-order valence-electron chi connectivity index (χ1n) is 7.01. The van der Waals surface area contributed by atoms with Crippen LogP contribution < -0.4 is 0 Å². The van der Waals surface area contributed by atoms with Crippen LogP contribution in [-0.4, -0.2) is 17.9 Å².